The summed E-state index contributed by atoms with van der Waals surface area (Å²) in [6.45, 7) is 1.08. The first-order chi connectivity index (χ1) is 21.5. The molecule has 3 aromatic rings. The largest absolute Gasteiger partial charge is 0.497 e. The fraction of sp³-hybridized carbons (Fsp3) is 0.412. The Hall–Kier alpha value is -4.12. The molecule has 45 heavy (non-hydrogen) atoms. The van der Waals surface area contributed by atoms with Crippen LogP contribution in [-0.4, -0.2) is 39.7 Å². The smallest absolute Gasteiger partial charge is 0.417 e. The molecule has 3 unspecified atom stereocenters. The number of Topliss-reactive ketones (excluding diaryl/α,β-unsaturated/α-hetero) is 1. The topological polar surface area (TPSA) is 74.3 Å². The number of hydrogen-bond donors (Lipinski definition) is 0. The highest BCUT2D eigenvalue weighted by Gasteiger charge is 2.53. The summed E-state index contributed by atoms with van der Waals surface area (Å²) in [6, 6.07) is 15.4. The Morgan fingerprint density at radius 2 is 1.47 bits per heavy atom. The van der Waals surface area contributed by atoms with E-state index >= 15 is 4.39 Å². The number of aryl methyl sites for hydroxylation is 1. The molecule has 0 aromatic heterocycles. The zero-order valence-electron chi connectivity index (χ0n) is 25.4. The van der Waals surface area contributed by atoms with Crippen molar-refractivity contribution in [2.75, 3.05) is 32.8 Å². The first kappa shape index (κ1) is 32.3. The summed E-state index contributed by atoms with van der Waals surface area (Å²) in [6.07, 6.45) is -5.33. The Balaban J connectivity index is 1.64. The first-order valence-electron chi connectivity index (χ1n) is 14.6. The van der Waals surface area contributed by atoms with Crippen molar-refractivity contribution in [1.82, 2.24) is 0 Å². The lowest BCUT2D eigenvalue weighted by molar-refractivity contribution is -0.167. The van der Waals surface area contributed by atoms with Crippen LogP contribution in [0.5, 0.6) is 11.5 Å². The second-order valence-corrected chi connectivity index (χ2v) is 11.5. The molecule has 1 saturated heterocycles. The summed E-state index contributed by atoms with van der Waals surface area (Å²) in [4.78, 5) is 27.5. The van der Waals surface area contributed by atoms with Crippen molar-refractivity contribution in [3.8, 4) is 11.5 Å². The summed E-state index contributed by atoms with van der Waals surface area (Å²) in [5.74, 6) is -4.00. The second kappa shape index (κ2) is 13.1. The summed E-state index contributed by atoms with van der Waals surface area (Å²) < 4.78 is 82.2. The lowest BCUT2D eigenvalue weighted by Gasteiger charge is -2.37. The maximum atomic E-state index is 17.0. The monoisotopic (exact) mass is 629 g/mol. The molecule has 1 aliphatic heterocycles. The molecule has 2 aliphatic rings. The molecule has 2 fully saturated rings. The van der Waals surface area contributed by atoms with Gasteiger partial charge >= 0.3 is 12.1 Å². The molecule has 0 N–H and O–H groups in total. The molecular formula is C34H35F4NO6. The molecule has 1 aliphatic carbocycles. The van der Waals surface area contributed by atoms with Crippen LogP contribution in [0.15, 0.2) is 54.6 Å². The highest BCUT2D eigenvalue weighted by molar-refractivity contribution is 6.01. The van der Waals surface area contributed by atoms with Gasteiger partial charge in [0.05, 0.1) is 51.2 Å². The minimum absolute atomic E-state index is 0.0668. The van der Waals surface area contributed by atoms with Gasteiger partial charge in [0.2, 0.25) is 0 Å². The van der Waals surface area contributed by atoms with E-state index in [0.717, 1.165) is 18.2 Å². The molecule has 0 bridgehead atoms. The van der Waals surface area contributed by atoms with E-state index < -0.39 is 59.4 Å². The van der Waals surface area contributed by atoms with Gasteiger partial charge in [-0.3, -0.25) is 9.59 Å². The highest BCUT2D eigenvalue weighted by atomic mass is 19.4. The molecule has 0 amide bonds. The lowest BCUT2D eigenvalue weighted by atomic mass is 9.78. The molecule has 3 atom stereocenters. The van der Waals surface area contributed by atoms with Crippen molar-refractivity contribution in [2.24, 2.45) is 17.8 Å². The highest BCUT2D eigenvalue weighted by Crippen LogP contribution is 2.52. The standard InChI is InChI=1S/C34H35F4NO6/c1-19-15-26(39(16-20-5-11-23(42-2)12-6-20)17-21-7-13-24(43-3)14-8-21)30(35)28(29(19)34(36,37)38)32-27(22-9-10-22)31(40)25(18-45-32)33(41)44-4/h5-8,11-15,22,25,27,32H,9-10,16-18H2,1-4H3. The van der Waals surface area contributed by atoms with Crippen LogP contribution in [0.2, 0.25) is 0 Å². The number of halogens is 4. The Morgan fingerprint density at radius 1 is 0.933 bits per heavy atom. The van der Waals surface area contributed by atoms with Crippen LogP contribution in [-0.2, 0) is 38.3 Å². The van der Waals surface area contributed by atoms with Gasteiger partial charge in [-0.1, -0.05) is 24.3 Å². The van der Waals surface area contributed by atoms with E-state index in [1.807, 2.05) is 0 Å². The Labute approximate surface area is 259 Å². The van der Waals surface area contributed by atoms with Crippen LogP contribution in [0.4, 0.5) is 23.2 Å². The van der Waals surface area contributed by atoms with E-state index in [1.165, 1.54) is 27.2 Å². The van der Waals surface area contributed by atoms with E-state index in [-0.39, 0.29) is 30.3 Å². The van der Waals surface area contributed by atoms with Crippen molar-refractivity contribution in [1.29, 1.82) is 0 Å². The molecule has 11 heteroatoms. The second-order valence-electron chi connectivity index (χ2n) is 11.5. The van der Waals surface area contributed by atoms with Crippen LogP contribution in [0.1, 0.15) is 46.8 Å². The van der Waals surface area contributed by atoms with E-state index in [1.54, 1.807) is 53.4 Å². The maximum absolute atomic E-state index is 17.0. The average molecular weight is 630 g/mol. The van der Waals surface area contributed by atoms with Crippen LogP contribution in [0.3, 0.4) is 0 Å². The molecule has 0 radical (unpaired) electrons. The van der Waals surface area contributed by atoms with Gasteiger partial charge in [-0.05, 0) is 72.7 Å². The van der Waals surface area contributed by atoms with Crippen LogP contribution < -0.4 is 14.4 Å². The molecule has 5 rings (SSSR count). The number of anilines is 1. The van der Waals surface area contributed by atoms with Crippen LogP contribution >= 0.6 is 0 Å². The van der Waals surface area contributed by atoms with Crippen LogP contribution in [0, 0.1) is 30.5 Å². The van der Waals surface area contributed by atoms with Gasteiger partial charge in [0, 0.05) is 18.7 Å². The van der Waals surface area contributed by atoms with Gasteiger partial charge in [-0.25, -0.2) is 4.39 Å². The maximum Gasteiger partial charge on any atom is 0.417 e. The Kier molecular flexibility index (Phi) is 9.38. The molecule has 1 heterocycles. The fourth-order valence-electron chi connectivity index (χ4n) is 6.09. The summed E-state index contributed by atoms with van der Waals surface area (Å²) in [5, 5.41) is 0. The van der Waals surface area contributed by atoms with Crippen molar-refractivity contribution >= 4 is 17.4 Å². The third kappa shape index (κ3) is 6.78. The van der Waals surface area contributed by atoms with Crippen molar-refractivity contribution in [3.05, 3.63) is 88.2 Å². The predicted octanol–water partition coefficient (Wildman–Crippen LogP) is 6.83. The third-order valence-corrected chi connectivity index (χ3v) is 8.51. The fourth-order valence-corrected chi connectivity index (χ4v) is 6.09. The number of ether oxygens (including phenoxy) is 4. The number of benzene rings is 3. The average Bonchev–Trinajstić information content (AvgIpc) is 3.86. The van der Waals surface area contributed by atoms with E-state index in [4.69, 9.17) is 18.9 Å². The minimum Gasteiger partial charge on any atom is -0.497 e. The number of alkyl halides is 3. The molecule has 3 aromatic carbocycles. The number of methoxy groups -OCH3 is 3. The van der Waals surface area contributed by atoms with Crippen molar-refractivity contribution in [3.63, 3.8) is 0 Å². The number of carbonyl (C=O) groups excluding carboxylic acids is 2. The molecule has 7 nitrogen and oxygen atoms in total. The third-order valence-electron chi connectivity index (χ3n) is 8.51. The van der Waals surface area contributed by atoms with Gasteiger partial charge in [-0.15, -0.1) is 0 Å². The van der Waals surface area contributed by atoms with E-state index in [2.05, 4.69) is 0 Å². The Bertz CT molecular complexity index is 1490. The number of ketones is 1. The zero-order chi connectivity index (χ0) is 32.5. The van der Waals surface area contributed by atoms with Gasteiger partial charge in [0.1, 0.15) is 17.4 Å². The van der Waals surface area contributed by atoms with Crippen molar-refractivity contribution < 1.29 is 46.1 Å². The van der Waals surface area contributed by atoms with Gasteiger partial charge in [0.15, 0.2) is 11.6 Å². The number of esters is 1. The normalized spacial score (nSPS) is 20.1. The van der Waals surface area contributed by atoms with Crippen molar-refractivity contribution in [2.45, 2.75) is 45.1 Å². The quantitative estimate of drug-likeness (QED) is 0.138. The molecule has 0 spiro atoms. The number of rotatable bonds is 10. The number of hydrogen-bond acceptors (Lipinski definition) is 7. The van der Waals surface area contributed by atoms with Gasteiger partial charge in [-0.2, -0.15) is 13.2 Å². The minimum atomic E-state index is -4.94. The lowest BCUT2D eigenvalue weighted by Crippen LogP contribution is -2.44. The van der Waals surface area contributed by atoms with E-state index in [0.29, 0.717) is 24.3 Å². The van der Waals surface area contributed by atoms with E-state index in [9.17, 15) is 22.8 Å². The molecule has 240 valence electrons. The SMILES string of the molecule is COC(=O)C1COC(c2c(F)c(N(Cc3ccc(OC)cc3)Cc3ccc(OC)cc3)cc(C)c2C(F)(F)F)C(C2CC2)C1=O. The molecule has 1 saturated carbocycles. The van der Waals surface area contributed by atoms with Gasteiger partial charge < -0.3 is 23.8 Å². The zero-order valence-corrected chi connectivity index (χ0v) is 25.4. The number of carbonyl (C=O) groups is 2. The molecular weight excluding hydrogens is 594 g/mol. The Morgan fingerprint density at radius 3 is 1.91 bits per heavy atom. The summed E-state index contributed by atoms with van der Waals surface area (Å²) in [7, 11) is 4.20. The van der Waals surface area contributed by atoms with Gasteiger partial charge in [0.25, 0.3) is 0 Å². The summed E-state index contributed by atoms with van der Waals surface area (Å²) >= 11 is 0. The summed E-state index contributed by atoms with van der Waals surface area (Å²) in [5.41, 5.74) is -0.614. The number of nitrogens with zero attached hydrogens (tertiary/aromatic N) is 1. The first-order valence-corrected chi connectivity index (χ1v) is 14.6. The predicted molar refractivity (Wildman–Crippen MR) is 157 cm³/mol. The van der Waals surface area contributed by atoms with Crippen LogP contribution in [0.25, 0.3) is 0 Å².